The van der Waals surface area contributed by atoms with Gasteiger partial charge in [0.05, 0.1) is 10.6 Å². The van der Waals surface area contributed by atoms with Crippen molar-refractivity contribution in [2.45, 2.75) is 27.2 Å². The highest BCUT2D eigenvalue weighted by Gasteiger charge is 2.28. The van der Waals surface area contributed by atoms with Gasteiger partial charge in [-0.2, -0.15) is 5.10 Å². The normalized spacial score (nSPS) is 11.1. The molecule has 0 amide bonds. The molecule has 1 heterocycles. The van der Waals surface area contributed by atoms with E-state index in [9.17, 15) is 14.5 Å². The molecule has 0 spiro atoms. The monoisotopic (exact) mass is 311 g/mol. The van der Waals surface area contributed by atoms with Gasteiger partial charge in [0.25, 0.3) is 0 Å². The number of nitro groups is 1. The third-order valence-electron chi connectivity index (χ3n) is 3.05. The largest absolute Gasteiger partial charge is 0.329 e. The molecule has 0 unspecified atom stereocenters. The minimum Gasteiger partial charge on any atom is -0.258 e. The molecule has 1 aromatic heterocycles. The quantitative estimate of drug-likeness (QED) is 0.631. The van der Waals surface area contributed by atoms with Gasteiger partial charge in [-0.05, 0) is 36.6 Å². The first kappa shape index (κ1) is 15.4. The summed E-state index contributed by atoms with van der Waals surface area (Å²) < 4.78 is 14.5. The molecule has 0 atom stereocenters. The summed E-state index contributed by atoms with van der Waals surface area (Å²) in [5, 5.41) is 15.4. The lowest BCUT2D eigenvalue weighted by atomic mass is 10.1. The minimum absolute atomic E-state index is 0.0645. The molecule has 21 heavy (non-hydrogen) atoms. The van der Waals surface area contributed by atoms with Crippen LogP contribution in [0.25, 0.3) is 5.69 Å². The first-order valence-corrected chi connectivity index (χ1v) is 6.87. The number of aromatic nitrogens is 2. The van der Waals surface area contributed by atoms with Crippen molar-refractivity contribution in [3.8, 4) is 5.69 Å². The van der Waals surface area contributed by atoms with Gasteiger partial charge in [-0.15, -0.1) is 0 Å². The van der Waals surface area contributed by atoms with Crippen molar-refractivity contribution >= 4 is 17.3 Å². The summed E-state index contributed by atoms with van der Waals surface area (Å²) in [7, 11) is 0. The fourth-order valence-corrected chi connectivity index (χ4v) is 2.46. The van der Waals surface area contributed by atoms with Gasteiger partial charge in [-0.1, -0.05) is 25.4 Å². The van der Waals surface area contributed by atoms with E-state index in [0.717, 1.165) is 0 Å². The van der Waals surface area contributed by atoms with Gasteiger partial charge in [-0.3, -0.25) is 10.1 Å². The van der Waals surface area contributed by atoms with Crippen LogP contribution in [0.2, 0.25) is 5.15 Å². The second kappa shape index (κ2) is 5.81. The molecule has 0 aliphatic rings. The summed E-state index contributed by atoms with van der Waals surface area (Å²) in [6.45, 7) is 5.59. The Morgan fingerprint density at radius 1 is 1.48 bits per heavy atom. The molecule has 5 nitrogen and oxygen atoms in total. The Morgan fingerprint density at radius 3 is 2.67 bits per heavy atom. The molecule has 112 valence electrons. The van der Waals surface area contributed by atoms with Gasteiger partial charge in [0.1, 0.15) is 11.5 Å². The van der Waals surface area contributed by atoms with Crippen LogP contribution in [0.3, 0.4) is 0 Å². The summed E-state index contributed by atoms with van der Waals surface area (Å²) in [4.78, 5) is 10.7. The van der Waals surface area contributed by atoms with Crippen LogP contribution in [0, 0.1) is 28.8 Å². The molecule has 2 aromatic rings. The second-order valence-corrected chi connectivity index (χ2v) is 5.64. The second-order valence-electron chi connectivity index (χ2n) is 5.28. The van der Waals surface area contributed by atoms with Gasteiger partial charge in [0.15, 0.2) is 0 Å². The van der Waals surface area contributed by atoms with Crippen molar-refractivity contribution in [3.63, 3.8) is 0 Å². The molecule has 0 saturated carbocycles. The fraction of sp³-hybridized carbons (Fsp3) is 0.357. The predicted molar refractivity (Wildman–Crippen MR) is 78.5 cm³/mol. The van der Waals surface area contributed by atoms with Crippen molar-refractivity contribution < 1.29 is 9.31 Å². The molecule has 0 fully saturated rings. The number of benzene rings is 1. The summed E-state index contributed by atoms with van der Waals surface area (Å²) in [6.07, 6.45) is 0.448. The van der Waals surface area contributed by atoms with Crippen LogP contribution in [0.4, 0.5) is 10.1 Å². The van der Waals surface area contributed by atoms with Gasteiger partial charge in [-0.25, -0.2) is 9.07 Å². The van der Waals surface area contributed by atoms with E-state index in [-0.39, 0.29) is 22.6 Å². The van der Waals surface area contributed by atoms with Crippen LogP contribution in [0.1, 0.15) is 25.1 Å². The highest BCUT2D eigenvalue weighted by Crippen LogP contribution is 2.32. The molecular weight excluding hydrogens is 297 g/mol. The topological polar surface area (TPSA) is 61.0 Å². The van der Waals surface area contributed by atoms with Crippen LogP contribution >= 0.6 is 11.6 Å². The number of nitrogens with zero attached hydrogens (tertiary/aromatic N) is 3. The maximum absolute atomic E-state index is 13.2. The van der Waals surface area contributed by atoms with E-state index >= 15 is 0 Å². The minimum atomic E-state index is -0.525. The number of halogens is 2. The zero-order valence-electron chi connectivity index (χ0n) is 11.9. The molecule has 0 radical (unpaired) electrons. The van der Waals surface area contributed by atoms with Gasteiger partial charge < -0.3 is 0 Å². The van der Waals surface area contributed by atoms with Crippen LogP contribution < -0.4 is 0 Å². The van der Waals surface area contributed by atoms with Crippen LogP contribution in [-0.2, 0) is 6.42 Å². The fourth-order valence-electron chi connectivity index (χ4n) is 2.15. The van der Waals surface area contributed by atoms with Gasteiger partial charge in [0.2, 0.25) is 5.15 Å². The molecule has 0 bridgehead atoms. The van der Waals surface area contributed by atoms with Crippen LogP contribution in [0.15, 0.2) is 18.2 Å². The molecule has 0 N–H and O–H groups in total. The van der Waals surface area contributed by atoms with Crippen molar-refractivity contribution in [1.29, 1.82) is 0 Å². The summed E-state index contributed by atoms with van der Waals surface area (Å²) >= 11 is 6.12. The van der Waals surface area contributed by atoms with E-state index in [1.54, 1.807) is 6.92 Å². The Morgan fingerprint density at radius 2 is 2.14 bits per heavy atom. The van der Waals surface area contributed by atoms with Crippen molar-refractivity contribution in [2.75, 3.05) is 0 Å². The Kier molecular flexibility index (Phi) is 4.27. The van der Waals surface area contributed by atoms with E-state index in [4.69, 9.17) is 11.6 Å². The van der Waals surface area contributed by atoms with Gasteiger partial charge in [0, 0.05) is 6.42 Å². The summed E-state index contributed by atoms with van der Waals surface area (Å²) in [6, 6.07) is 4.11. The molecule has 0 saturated heterocycles. The Hall–Kier alpha value is -1.95. The molecular formula is C14H15ClFN3O2. The standard InChI is InChI=1S/C14H15ClFN3O2/c1-8(2)6-11-13(19(20)21)14(15)18(17-11)12-5-4-10(16)7-9(12)3/h4-5,7-8H,6H2,1-3H3. The predicted octanol–water partition coefficient (Wildman–Crippen LogP) is 4.08. The smallest absolute Gasteiger partial charge is 0.258 e. The number of rotatable bonds is 4. The van der Waals surface area contributed by atoms with Crippen molar-refractivity contribution in [2.24, 2.45) is 5.92 Å². The number of aryl methyl sites for hydroxylation is 1. The maximum atomic E-state index is 13.2. The SMILES string of the molecule is Cc1cc(F)ccc1-n1nc(CC(C)C)c([N+](=O)[O-])c1Cl. The highest BCUT2D eigenvalue weighted by molar-refractivity contribution is 6.32. The van der Waals surface area contributed by atoms with Crippen LogP contribution in [-0.4, -0.2) is 14.7 Å². The molecule has 1 aromatic carbocycles. The third kappa shape index (κ3) is 3.05. The molecule has 2 rings (SSSR count). The first-order chi connectivity index (χ1) is 9.81. The van der Waals surface area contributed by atoms with E-state index in [2.05, 4.69) is 5.10 Å². The Bertz CT molecular complexity index is 698. The zero-order chi connectivity index (χ0) is 15.7. The highest BCUT2D eigenvalue weighted by atomic mass is 35.5. The molecule has 0 aliphatic heterocycles. The number of hydrogen-bond donors (Lipinski definition) is 0. The summed E-state index contributed by atoms with van der Waals surface area (Å²) in [5.74, 6) is -0.172. The Labute approximate surface area is 126 Å². The van der Waals surface area contributed by atoms with Crippen LogP contribution in [0.5, 0.6) is 0 Å². The Balaban J connectivity index is 2.62. The lowest BCUT2D eigenvalue weighted by Crippen LogP contribution is -2.02. The zero-order valence-corrected chi connectivity index (χ0v) is 12.7. The lowest BCUT2D eigenvalue weighted by Gasteiger charge is -2.06. The maximum Gasteiger partial charge on any atom is 0.329 e. The van der Waals surface area contributed by atoms with Crippen molar-refractivity contribution in [1.82, 2.24) is 9.78 Å². The van der Waals surface area contributed by atoms with E-state index < -0.39 is 4.92 Å². The molecule has 0 aliphatic carbocycles. The van der Waals surface area contributed by atoms with E-state index in [1.807, 2.05) is 13.8 Å². The number of hydrogen-bond acceptors (Lipinski definition) is 3. The average molecular weight is 312 g/mol. The molecule has 7 heteroatoms. The third-order valence-corrected chi connectivity index (χ3v) is 3.39. The average Bonchev–Trinajstić information content (AvgIpc) is 2.65. The summed E-state index contributed by atoms with van der Waals surface area (Å²) in [5.41, 5.74) is 1.28. The van der Waals surface area contributed by atoms with E-state index in [1.165, 1.54) is 22.9 Å². The first-order valence-electron chi connectivity index (χ1n) is 6.49. The van der Waals surface area contributed by atoms with Crippen molar-refractivity contribution in [3.05, 3.63) is 50.5 Å². The van der Waals surface area contributed by atoms with E-state index in [0.29, 0.717) is 23.4 Å². The lowest BCUT2D eigenvalue weighted by molar-refractivity contribution is -0.385. The van der Waals surface area contributed by atoms with Gasteiger partial charge >= 0.3 is 5.69 Å².